The first-order valence-electron chi connectivity index (χ1n) is 4.45. The minimum absolute atomic E-state index is 0.0590. The molecule has 0 aromatic rings. The Kier molecular flexibility index (Phi) is 6.11. The van der Waals surface area contributed by atoms with Crippen LogP contribution in [0, 0.1) is 5.41 Å². The van der Waals surface area contributed by atoms with Crippen molar-refractivity contribution >= 4 is 34.9 Å². The van der Waals surface area contributed by atoms with Gasteiger partial charge in [0.2, 0.25) is 5.91 Å². The van der Waals surface area contributed by atoms with Crippen LogP contribution in [0.5, 0.6) is 0 Å². The summed E-state index contributed by atoms with van der Waals surface area (Å²) in [6.07, 6.45) is 2.53. The average molecular weight is 234 g/mol. The number of nitrogens with two attached hydrogens (primary N) is 1. The zero-order valence-electron chi connectivity index (χ0n) is 8.92. The molecule has 82 valence electrons. The largest absolute Gasteiger partial charge is 0.393 e. The zero-order valence-corrected chi connectivity index (χ0v) is 10.6. The molecule has 0 heterocycles. The van der Waals surface area contributed by atoms with Crippen LogP contribution in [0.1, 0.15) is 20.3 Å². The van der Waals surface area contributed by atoms with Gasteiger partial charge in [-0.3, -0.25) is 4.79 Å². The summed E-state index contributed by atoms with van der Waals surface area (Å²) in [7, 11) is 0. The molecule has 0 rings (SSSR count). The number of amides is 1. The summed E-state index contributed by atoms with van der Waals surface area (Å²) in [5, 5.41) is 2.82. The summed E-state index contributed by atoms with van der Waals surface area (Å²) in [5.74, 6) is 0.906. The van der Waals surface area contributed by atoms with E-state index in [4.69, 9.17) is 18.0 Å². The SMILES string of the molecule is CSCCC(=O)NCC(C)(C)C(N)=S. The van der Waals surface area contributed by atoms with Crippen LogP contribution >= 0.6 is 24.0 Å². The number of thiocarbonyl (C=S) groups is 1. The van der Waals surface area contributed by atoms with Gasteiger partial charge < -0.3 is 11.1 Å². The first-order valence-corrected chi connectivity index (χ1v) is 6.26. The van der Waals surface area contributed by atoms with Crippen LogP contribution in [-0.4, -0.2) is 29.4 Å². The first-order chi connectivity index (χ1) is 6.40. The molecule has 5 heteroatoms. The van der Waals surface area contributed by atoms with Crippen molar-refractivity contribution in [2.75, 3.05) is 18.6 Å². The van der Waals surface area contributed by atoms with E-state index in [0.29, 0.717) is 18.0 Å². The average Bonchev–Trinajstić information content (AvgIpc) is 2.11. The van der Waals surface area contributed by atoms with Gasteiger partial charge in [0.25, 0.3) is 0 Å². The van der Waals surface area contributed by atoms with Crippen LogP contribution in [0.3, 0.4) is 0 Å². The third kappa shape index (κ3) is 5.44. The van der Waals surface area contributed by atoms with Gasteiger partial charge >= 0.3 is 0 Å². The Balaban J connectivity index is 3.82. The van der Waals surface area contributed by atoms with Gasteiger partial charge in [-0.1, -0.05) is 26.1 Å². The van der Waals surface area contributed by atoms with Gasteiger partial charge in [-0.15, -0.1) is 0 Å². The summed E-state index contributed by atoms with van der Waals surface area (Å²) in [5.41, 5.74) is 5.23. The number of hydrogen-bond acceptors (Lipinski definition) is 3. The molecule has 3 N–H and O–H groups in total. The predicted molar refractivity (Wildman–Crippen MR) is 66.6 cm³/mol. The van der Waals surface area contributed by atoms with E-state index in [9.17, 15) is 4.79 Å². The number of carbonyl (C=O) groups excluding carboxylic acids is 1. The predicted octanol–water partition coefficient (Wildman–Crippen LogP) is 1.17. The van der Waals surface area contributed by atoms with Crippen molar-refractivity contribution in [3.05, 3.63) is 0 Å². The summed E-state index contributed by atoms with van der Waals surface area (Å²) >= 11 is 6.55. The van der Waals surface area contributed by atoms with Crippen LogP contribution in [0.25, 0.3) is 0 Å². The van der Waals surface area contributed by atoms with Crippen molar-refractivity contribution in [1.82, 2.24) is 5.32 Å². The summed E-state index contributed by atoms with van der Waals surface area (Å²) in [4.78, 5) is 11.7. The van der Waals surface area contributed by atoms with Crippen LogP contribution in [0.2, 0.25) is 0 Å². The lowest BCUT2D eigenvalue weighted by Crippen LogP contribution is -2.41. The van der Waals surface area contributed by atoms with E-state index in [1.54, 1.807) is 11.8 Å². The van der Waals surface area contributed by atoms with E-state index in [1.165, 1.54) is 0 Å². The van der Waals surface area contributed by atoms with Crippen LogP contribution in [0.15, 0.2) is 0 Å². The molecule has 0 aliphatic heterocycles. The molecule has 0 spiro atoms. The molecule has 3 nitrogen and oxygen atoms in total. The van der Waals surface area contributed by atoms with Gasteiger partial charge in [0, 0.05) is 24.1 Å². The number of carbonyl (C=O) groups is 1. The maximum Gasteiger partial charge on any atom is 0.220 e. The Morgan fingerprint density at radius 1 is 1.57 bits per heavy atom. The summed E-state index contributed by atoms with van der Waals surface area (Å²) in [6, 6.07) is 0. The van der Waals surface area contributed by atoms with Gasteiger partial charge in [0.05, 0.1) is 4.99 Å². The second-order valence-corrected chi connectivity index (χ2v) is 5.19. The molecular formula is C9H18N2OS2. The van der Waals surface area contributed by atoms with Crippen LogP contribution in [-0.2, 0) is 4.79 Å². The lowest BCUT2D eigenvalue weighted by molar-refractivity contribution is -0.120. The highest BCUT2D eigenvalue weighted by Crippen LogP contribution is 2.13. The fourth-order valence-corrected chi connectivity index (χ4v) is 1.15. The van der Waals surface area contributed by atoms with Gasteiger partial charge in [-0.05, 0) is 6.26 Å². The van der Waals surface area contributed by atoms with Crippen molar-refractivity contribution < 1.29 is 4.79 Å². The van der Waals surface area contributed by atoms with Gasteiger partial charge in [-0.2, -0.15) is 11.8 Å². The third-order valence-corrected chi connectivity index (χ3v) is 3.09. The summed E-state index contributed by atoms with van der Waals surface area (Å²) < 4.78 is 0. The Labute approximate surface area is 95.2 Å². The maximum absolute atomic E-state index is 11.3. The molecule has 0 saturated carbocycles. The highest BCUT2D eigenvalue weighted by Gasteiger charge is 2.21. The van der Waals surface area contributed by atoms with E-state index < -0.39 is 0 Å². The van der Waals surface area contributed by atoms with Crippen LogP contribution in [0.4, 0.5) is 0 Å². The molecule has 0 aliphatic carbocycles. The van der Waals surface area contributed by atoms with E-state index in [1.807, 2.05) is 20.1 Å². The molecule has 0 aromatic heterocycles. The van der Waals surface area contributed by atoms with Crippen molar-refractivity contribution in [3.63, 3.8) is 0 Å². The second-order valence-electron chi connectivity index (χ2n) is 3.77. The van der Waals surface area contributed by atoms with Gasteiger partial charge in [-0.25, -0.2) is 0 Å². The fourth-order valence-electron chi connectivity index (χ4n) is 0.690. The lowest BCUT2D eigenvalue weighted by Gasteiger charge is -2.23. The van der Waals surface area contributed by atoms with Crippen molar-refractivity contribution in [2.45, 2.75) is 20.3 Å². The molecule has 0 saturated heterocycles. The molecular weight excluding hydrogens is 216 g/mol. The van der Waals surface area contributed by atoms with E-state index in [2.05, 4.69) is 5.32 Å². The Morgan fingerprint density at radius 2 is 2.14 bits per heavy atom. The minimum atomic E-state index is -0.301. The molecule has 14 heavy (non-hydrogen) atoms. The molecule has 0 atom stereocenters. The molecule has 0 aliphatic rings. The number of rotatable bonds is 6. The maximum atomic E-state index is 11.3. The third-order valence-electron chi connectivity index (χ3n) is 1.93. The van der Waals surface area contributed by atoms with Crippen molar-refractivity contribution in [1.29, 1.82) is 0 Å². The standard InChI is InChI=1S/C9H18N2OS2/c1-9(2,8(10)13)6-11-7(12)4-5-14-3/h4-6H2,1-3H3,(H2,10,13)(H,11,12). The van der Waals surface area contributed by atoms with E-state index in [0.717, 1.165) is 5.75 Å². The van der Waals surface area contributed by atoms with Gasteiger partial charge in [0.15, 0.2) is 0 Å². The highest BCUT2D eigenvalue weighted by atomic mass is 32.2. The van der Waals surface area contributed by atoms with Crippen LogP contribution < -0.4 is 11.1 Å². The zero-order chi connectivity index (χ0) is 11.2. The second kappa shape index (κ2) is 6.24. The molecule has 0 radical (unpaired) electrons. The Morgan fingerprint density at radius 3 is 2.57 bits per heavy atom. The minimum Gasteiger partial charge on any atom is -0.393 e. The number of thioether (sulfide) groups is 1. The molecule has 0 bridgehead atoms. The fraction of sp³-hybridized carbons (Fsp3) is 0.778. The number of nitrogens with one attached hydrogen (secondary N) is 1. The van der Waals surface area contributed by atoms with E-state index >= 15 is 0 Å². The van der Waals surface area contributed by atoms with E-state index in [-0.39, 0.29) is 11.3 Å². The van der Waals surface area contributed by atoms with Gasteiger partial charge in [0.1, 0.15) is 0 Å². The smallest absolute Gasteiger partial charge is 0.220 e. The lowest BCUT2D eigenvalue weighted by atomic mass is 9.93. The monoisotopic (exact) mass is 234 g/mol. The van der Waals surface area contributed by atoms with Crippen molar-refractivity contribution in [3.8, 4) is 0 Å². The molecule has 1 amide bonds. The Hall–Kier alpha value is -0.290. The highest BCUT2D eigenvalue weighted by molar-refractivity contribution is 7.98. The topological polar surface area (TPSA) is 55.1 Å². The Bertz CT molecular complexity index is 217. The quantitative estimate of drug-likeness (QED) is 0.677. The first kappa shape index (κ1) is 13.7. The molecule has 0 unspecified atom stereocenters. The normalized spacial score (nSPS) is 11.1. The van der Waals surface area contributed by atoms with Crippen molar-refractivity contribution in [2.24, 2.45) is 11.1 Å². The number of hydrogen-bond donors (Lipinski definition) is 2. The molecule has 0 aromatic carbocycles. The summed E-state index contributed by atoms with van der Waals surface area (Å²) in [6.45, 7) is 4.35. The molecule has 0 fully saturated rings.